The molecule has 0 aliphatic heterocycles. The van der Waals surface area contributed by atoms with Gasteiger partial charge in [-0.05, 0) is 24.2 Å². The summed E-state index contributed by atoms with van der Waals surface area (Å²) >= 11 is 0. The van der Waals surface area contributed by atoms with Gasteiger partial charge in [-0.2, -0.15) is 0 Å². The second-order valence-electron chi connectivity index (χ2n) is 5.03. The number of rotatable bonds is 1. The van der Waals surface area contributed by atoms with E-state index in [2.05, 4.69) is 17.5 Å². The Hall–Kier alpha value is -1.12. The molecule has 0 aromatic heterocycles. The van der Waals surface area contributed by atoms with E-state index in [1.807, 2.05) is 0 Å². The molecule has 0 spiro atoms. The van der Waals surface area contributed by atoms with Gasteiger partial charge in [0.25, 0.3) is 0 Å². The van der Waals surface area contributed by atoms with Crippen LogP contribution in [0.3, 0.4) is 0 Å². The van der Waals surface area contributed by atoms with Crippen LogP contribution in [0.5, 0.6) is 0 Å². The van der Waals surface area contributed by atoms with Crippen molar-refractivity contribution in [3.63, 3.8) is 0 Å². The highest BCUT2D eigenvalue weighted by Gasteiger charge is 2.55. The van der Waals surface area contributed by atoms with Crippen molar-refractivity contribution in [1.82, 2.24) is 5.32 Å². The van der Waals surface area contributed by atoms with E-state index in [-0.39, 0.29) is 17.9 Å². The predicted octanol–water partition coefficient (Wildman–Crippen LogP) is 0.902. The Labute approximate surface area is 88.9 Å². The first-order chi connectivity index (χ1) is 7.16. The van der Waals surface area contributed by atoms with Gasteiger partial charge in [-0.15, -0.1) is 0 Å². The molecule has 0 aromatic carbocycles. The van der Waals surface area contributed by atoms with Crippen molar-refractivity contribution in [2.45, 2.75) is 25.8 Å². The number of Topliss-reactive ketones (excluding diaryl/α,β-unsaturated/α-hetero) is 1. The second-order valence-corrected chi connectivity index (χ2v) is 5.03. The fourth-order valence-electron chi connectivity index (χ4n) is 3.76. The van der Waals surface area contributed by atoms with Gasteiger partial charge >= 0.3 is 0 Å². The Morgan fingerprint density at radius 1 is 1.40 bits per heavy atom. The first-order valence-electron chi connectivity index (χ1n) is 5.65. The smallest absolute Gasteiger partial charge is 0.217 e. The number of carbonyl (C=O) groups is 2. The lowest BCUT2D eigenvalue weighted by atomic mass is 9.84. The number of hydrogen-bond donors (Lipinski definition) is 1. The molecule has 1 amide bonds. The molecule has 80 valence electrons. The molecular formula is C12H15NO2. The third-order valence-corrected chi connectivity index (χ3v) is 4.17. The van der Waals surface area contributed by atoms with Crippen LogP contribution in [0.2, 0.25) is 0 Å². The van der Waals surface area contributed by atoms with Crippen LogP contribution in [-0.4, -0.2) is 17.7 Å². The first-order valence-corrected chi connectivity index (χ1v) is 5.65. The Morgan fingerprint density at radius 3 is 2.87 bits per heavy atom. The quantitative estimate of drug-likeness (QED) is 0.646. The average Bonchev–Trinajstić information content (AvgIpc) is 2.78. The summed E-state index contributed by atoms with van der Waals surface area (Å²) in [7, 11) is 0. The van der Waals surface area contributed by atoms with Gasteiger partial charge in [0.05, 0.1) is 0 Å². The lowest BCUT2D eigenvalue weighted by Gasteiger charge is -2.24. The Bertz CT molecular complexity index is 361. The van der Waals surface area contributed by atoms with Crippen LogP contribution in [0, 0.1) is 23.7 Å². The number of ketones is 1. The maximum Gasteiger partial charge on any atom is 0.217 e. The summed E-state index contributed by atoms with van der Waals surface area (Å²) < 4.78 is 0. The molecule has 15 heavy (non-hydrogen) atoms. The van der Waals surface area contributed by atoms with Gasteiger partial charge < -0.3 is 5.32 Å². The van der Waals surface area contributed by atoms with Gasteiger partial charge in [-0.1, -0.05) is 12.2 Å². The Balaban J connectivity index is 1.87. The predicted molar refractivity (Wildman–Crippen MR) is 54.9 cm³/mol. The molecule has 0 radical (unpaired) electrons. The van der Waals surface area contributed by atoms with Crippen molar-refractivity contribution in [1.29, 1.82) is 0 Å². The molecule has 2 bridgehead atoms. The molecule has 3 aliphatic carbocycles. The monoisotopic (exact) mass is 205 g/mol. The van der Waals surface area contributed by atoms with E-state index in [4.69, 9.17) is 0 Å². The van der Waals surface area contributed by atoms with E-state index in [1.54, 1.807) is 0 Å². The summed E-state index contributed by atoms with van der Waals surface area (Å²) in [6.07, 6.45) is 6.10. The SMILES string of the molecule is CC(=O)N[C@@H]1CC(=O)C2C1[C@@H]1C=C[C@H]2C1. The molecule has 0 aromatic rings. The van der Waals surface area contributed by atoms with E-state index in [0.29, 0.717) is 30.0 Å². The normalized spacial score (nSPS) is 45.9. The van der Waals surface area contributed by atoms with Crippen LogP contribution < -0.4 is 5.32 Å². The van der Waals surface area contributed by atoms with Crippen LogP contribution >= 0.6 is 0 Å². The number of amides is 1. The minimum Gasteiger partial charge on any atom is -0.353 e. The van der Waals surface area contributed by atoms with Gasteiger partial charge in [-0.3, -0.25) is 9.59 Å². The van der Waals surface area contributed by atoms with Crippen molar-refractivity contribution in [2.24, 2.45) is 23.7 Å². The van der Waals surface area contributed by atoms with Gasteiger partial charge in [0.1, 0.15) is 5.78 Å². The average molecular weight is 205 g/mol. The third-order valence-electron chi connectivity index (χ3n) is 4.17. The second kappa shape index (κ2) is 2.94. The number of hydrogen-bond acceptors (Lipinski definition) is 2. The van der Waals surface area contributed by atoms with Crippen molar-refractivity contribution in [2.75, 3.05) is 0 Å². The van der Waals surface area contributed by atoms with Crippen LogP contribution in [0.4, 0.5) is 0 Å². The van der Waals surface area contributed by atoms with Gasteiger partial charge in [-0.25, -0.2) is 0 Å². The summed E-state index contributed by atoms with van der Waals surface area (Å²) in [6, 6.07) is 0.0972. The molecule has 0 saturated heterocycles. The molecule has 3 heteroatoms. The van der Waals surface area contributed by atoms with E-state index in [1.165, 1.54) is 6.92 Å². The summed E-state index contributed by atoms with van der Waals surface area (Å²) in [6.45, 7) is 1.53. The first kappa shape index (κ1) is 9.13. The van der Waals surface area contributed by atoms with Crippen molar-refractivity contribution < 1.29 is 9.59 Å². The van der Waals surface area contributed by atoms with Crippen LogP contribution in [0.15, 0.2) is 12.2 Å². The van der Waals surface area contributed by atoms with Gasteiger partial charge in [0.15, 0.2) is 0 Å². The lowest BCUT2D eigenvalue weighted by Crippen LogP contribution is -2.38. The molecule has 5 atom stereocenters. The number of allylic oxidation sites excluding steroid dienone is 2. The van der Waals surface area contributed by atoms with Crippen LogP contribution in [0.25, 0.3) is 0 Å². The zero-order chi connectivity index (χ0) is 10.6. The summed E-state index contributed by atoms with van der Waals surface area (Å²) in [4.78, 5) is 22.9. The van der Waals surface area contributed by atoms with Crippen molar-refractivity contribution in [3.05, 3.63) is 12.2 Å². The maximum absolute atomic E-state index is 11.9. The highest BCUT2D eigenvalue weighted by atomic mass is 16.1. The molecule has 1 N–H and O–H groups in total. The largest absolute Gasteiger partial charge is 0.353 e. The number of fused-ring (bicyclic) bond motifs is 5. The van der Waals surface area contributed by atoms with E-state index in [9.17, 15) is 9.59 Å². The summed E-state index contributed by atoms with van der Waals surface area (Å²) in [5.41, 5.74) is 0. The molecule has 3 aliphatic rings. The van der Waals surface area contributed by atoms with E-state index >= 15 is 0 Å². The number of nitrogens with one attached hydrogen (secondary N) is 1. The van der Waals surface area contributed by atoms with Gasteiger partial charge in [0, 0.05) is 25.3 Å². The van der Waals surface area contributed by atoms with E-state index < -0.39 is 0 Å². The zero-order valence-corrected chi connectivity index (χ0v) is 8.77. The molecule has 2 unspecified atom stereocenters. The molecule has 3 nitrogen and oxygen atoms in total. The van der Waals surface area contributed by atoms with Gasteiger partial charge in [0.2, 0.25) is 5.91 Å². The minimum absolute atomic E-state index is 0.0137. The molecule has 3 rings (SSSR count). The fourth-order valence-corrected chi connectivity index (χ4v) is 3.76. The summed E-state index contributed by atoms with van der Waals surface area (Å²) in [5.74, 6) is 1.93. The molecular weight excluding hydrogens is 190 g/mol. The van der Waals surface area contributed by atoms with Crippen molar-refractivity contribution >= 4 is 11.7 Å². The van der Waals surface area contributed by atoms with Crippen molar-refractivity contribution in [3.8, 4) is 0 Å². The number of carbonyl (C=O) groups excluding carboxylic acids is 2. The van der Waals surface area contributed by atoms with E-state index in [0.717, 1.165) is 6.42 Å². The lowest BCUT2D eigenvalue weighted by molar-refractivity contribution is -0.121. The highest BCUT2D eigenvalue weighted by Crippen LogP contribution is 2.53. The third kappa shape index (κ3) is 1.18. The maximum atomic E-state index is 11.9. The fraction of sp³-hybridized carbons (Fsp3) is 0.667. The topological polar surface area (TPSA) is 46.2 Å². The molecule has 2 fully saturated rings. The van der Waals surface area contributed by atoms with Crippen LogP contribution in [0.1, 0.15) is 19.8 Å². The highest BCUT2D eigenvalue weighted by molar-refractivity contribution is 5.87. The summed E-state index contributed by atoms with van der Waals surface area (Å²) in [5, 5.41) is 2.93. The molecule has 2 saturated carbocycles. The molecule has 0 heterocycles. The minimum atomic E-state index is -0.0137. The Kier molecular flexibility index (Phi) is 1.79. The Morgan fingerprint density at radius 2 is 2.13 bits per heavy atom. The standard InChI is InChI=1S/C12H15NO2/c1-6(14)13-9-5-10(15)12-8-3-2-7(4-8)11(9)12/h2-3,7-9,11-12H,4-5H2,1H3,(H,13,14)/t7-,8+,9-,11?,12?/m1/s1. The van der Waals surface area contributed by atoms with Crippen LogP contribution in [-0.2, 0) is 9.59 Å². The zero-order valence-electron chi connectivity index (χ0n) is 8.77.